The van der Waals surface area contributed by atoms with Crippen LogP contribution in [0.2, 0.25) is 5.02 Å². The van der Waals surface area contributed by atoms with Crippen molar-refractivity contribution in [2.24, 2.45) is 12.8 Å². The molecule has 3 aliphatic rings. The van der Waals surface area contributed by atoms with Gasteiger partial charge in [0.05, 0.1) is 66.8 Å². The summed E-state index contributed by atoms with van der Waals surface area (Å²) in [6.45, 7) is 1.96. The summed E-state index contributed by atoms with van der Waals surface area (Å²) < 4.78 is 19.7. The molecule has 1 fully saturated rings. The third-order valence-corrected chi connectivity index (χ3v) is 11.9. The van der Waals surface area contributed by atoms with E-state index in [1.165, 1.54) is 42.3 Å². The number of aliphatic hydroxyl groups is 4. The van der Waals surface area contributed by atoms with Gasteiger partial charge in [0.15, 0.2) is 17.9 Å². The van der Waals surface area contributed by atoms with Crippen molar-refractivity contribution in [2.75, 3.05) is 20.3 Å². The number of aryl methyl sites for hydroxylation is 1. The minimum Gasteiger partial charge on any atom is -0.507 e. The molecule has 20 nitrogen and oxygen atoms in total. The molecule has 3 heterocycles. The fraction of sp³-hybridized carbons (Fsp3) is 0.356. The van der Waals surface area contributed by atoms with Crippen LogP contribution in [0, 0.1) is 0 Å². The number of nitrogens with two attached hydrogens (primary N) is 1. The Morgan fingerprint density at radius 1 is 1.06 bits per heavy atom. The quantitative estimate of drug-likeness (QED) is 0.0908. The standard InChI is InChI=1S/C27H29NO11.C18H18ClN5O3.ClH/c1-10-22(31)13(28)6-17(38-10)39-15-8-27(36,16(30)9-29)7-12-19(15)26(35)21-20(24(12)33)23(32)11-4-3-5-14(37-2)18(11)25(21)34;1-11(10-25)21-17(26)15-7-16(12-3-5-13(19)6-4-12)22-24(18(15)27)14-8-20-23(2)9-14;/h3-5,10,13,15,17,22,29,31,33,35-36H,6-9,28H2,1-2H3;3-9,11,25H,10H2,1-2H3,(H,21,26);1H. The summed E-state index contributed by atoms with van der Waals surface area (Å²) >= 11 is 5.93. The highest BCUT2D eigenvalue weighted by atomic mass is 35.5. The normalized spacial score (nSPS) is 22.2. The van der Waals surface area contributed by atoms with Crippen LogP contribution in [0.5, 0.6) is 17.2 Å². The predicted molar refractivity (Wildman–Crippen MR) is 240 cm³/mol. The molecule has 22 heteroatoms. The number of carbonyl (C=O) groups excluding carboxylic acids is 4. The van der Waals surface area contributed by atoms with Gasteiger partial charge in [-0.05, 0) is 38.1 Å². The first-order valence-corrected chi connectivity index (χ1v) is 21.0. The van der Waals surface area contributed by atoms with Crippen molar-refractivity contribution in [1.82, 2.24) is 24.9 Å². The maximum absolute atomic E-state index is 13.6. The molecular formula is C45H48Cl2N6O14. The molecule has 1 amide bonds. The minimum absolute atomic E-state index is 0. The SMILES string of the molecule is CC(CO)NC(=O)c1cc(-c2ccc(Cl)cc2)nn(-c2cnn(C)c2)c1=O.COc1cccc2c1C(=O)c1c(O)c3c(c(O)c1C2=O)CC(O)(C(=O)CO)CC3OC1CC(N)C(O)C(C)O1.Cl. The molecule has 0 spiro atoms. The number of phenolic OH excluding ortho intramolecular Hbond substituents is 2. The van der Waals surface area contributed by atoms with Crippen LogP contribution >= 0.6 is 24.0 Å². The predicted octanol–water partition coefficient (Wildman–Crippen LogP) is 1.82. The van der Waals surface area contributed by atoms with E-state index in [2.05, 4.69) is 15.5 Å². The highest BCUT2D eigenvalue weighted by Crippen LogP contribution is 2.52. The lowest BCUT2D eigenvalue weighted by Crippen LogP contribution is -2.53. The van der Waals surface area contributed by atoms with Gasteiger partial charge in [0, 0.05) is 65.7 Å². The van der Waals surface area contributed by atoms with Gasteiger partial charge in [0.25, 0.3) is 11.5 Å². The number of aliphatic hydroxyl groups excluding tert-OH is 3. The number of rotatable bonds is 10. The Kier molecular flexibility index (Phi) is 15.1. The maximum Gasteiger partial charge on any atom is 0.284 e. The summed E-state index contributed by atoms with van der Waals surface area (Å²) in [5.74, 6) is -4.36. The van der Waals surface area contributed by atoms with Crippen LogP contribution in [0.1, 0.15) is 86.1 Å². The summed E-state index contributed by atoms with van der Waals surface area (Å²) in [5, 5.41) is 74.4. The monoisotopic (exact) mass is 966 g/mol. The molecule has 67 heavy (non-hydrogen) atoms. The van der Waals surface area contributed by atoms with Crippen LogP contribution in [0.15, 0.2) is 65.7 Å². The zero-order chi connectivity index (χ0) is 47.9. The summed E-state index contributed by atoms with van der Waals surface area (Å²) in [7, 11) is 3.04. The fourth-order valence-corrected chi connectivity index (χ4v) is 8.34. The Labute approximate surface area is 392 Å². The van der Waals surface area contributed by atoms with E-state index in [1.54, 1.807) is 51.4 Å². The van der Waals surface area contributed by atoms with Crippen LogP contribution < -0.4 is 21.3 Å². The lowest BCUT2D eigenvalue weighted by Gasteiger charge is -2.42. The largest absolute Gasteiger partial charge is 0.507 e. The Morgan fingerprint density at radius 3 is 2.36 bits per heavy atom. The Bertz CT molecular complexity index is 2790. The second-order valence-corrected chi connectivity index (χ2v) is 16.7. The number of carbonyl (C=O) groups is 4. The molecule has 0 saturated carbocycles. The molecule has 2 aromatic heterocycles. The van der Waals surface area contributed by atoms with Gasteiger partial charge in [-0.1, -0.05) is 35.9 Å². The number of aromatic hydroxyl groups is 2. The average Bonchev–Trinajstić information content (AvgIpc) is 3.73. The molecule has 1 aliphatic heterocycles. The molecule has 8 rings (SSSR count). The van der Waals surface area contributed by atoms with Gasteiger partial charge < -0.3 is 55.9 Å². The molecule has 3 aromatic carbocycles. The van der Waals surface area contributed by atoms with Gasteiger partial charge in [-0.15, -0.1) is 12.4 Å². The number of Topliss-reactive ketones (excluding diaryl/α,β-unsaturated/α-hetero) is 1. The van der Waals surface area contributed by atoms with Crippen molar-refractivity contribution in [1.29, 1.82) is 0 Å². The van der Waals surface area contributed by atoms with E-state index < -0.39 is 113 Å². The molecule has 7 unspecified atom stereocenters. The summed E-state index contributed by atoms with van der Waals surface area (Å²) in [5.41, 5.74) is 3.27. The maximum atomic E-state index is 13.6. The number of benzene rings is 3. The van der Waals surface area contributed by atoms with E-state index in [1.807, 2.05) is 0 Å². The average molecular weight is 968 g/mol. The van der Waals surface area contributed by atoms with Crippen molar-refractivity contribution in [3.05, 3.63) is 115 Å². The summed E-state index contributed by atoms with van der Waals surface area (Å²) in [6, 6.07) is 11.5. The van der Waals surface area contributed by atoms with Crippen LogP contribution in [-0.4, -0.2) is 130 Å². The van der Waals surface area contributed by atoms with E-state index in [9.17, 15) is 49.5 Å². The van der Waals surface area contributed by atoms with Crippen molar-refractivity contribution in [3.8, 4) is 34.2 Å². The number of nitrogens with one attached hydrogen (secondary N) is 1. The molecule has 356 valence electrons. The second kappa shape index (κ2) is 20.0. The number of phenols is 2. The van der Waals surface area contributed by atoms with E-state index in [4.69, 9.17) is 36.7 Å². The minimum atomic E-state index is -2.24. The van der Waals surface area contributed by atoms with E-state index >= 15 is 0 Å². The van der Waals surface area contributed by atoms with Crippen LogP contribution in [0.25, 0.3) is 16.9 Å². The third kappa shape index (κ3) is 9.57. The number of amides is 1. The first-order valence-electron chi connectivity index (χ1n) is 20.6. The number of ketones is 3. The number of nitrogens with zero attached hydrogens (tertiary/aromatic N) is 4. The van der Waals surface area contributed by atoms with Gasteiger partial charge in [0.2, 0.25) is 5.78 Å². The summed E-state index contributed by atoms with van der Waals surface area (Å²) in [4.78, 5) is 65.1. The van der Waals surface area contributed by atoms with Crippen molar-refractivity contribution in [3.63, 3.8) is 0 Å². The molecule has 5 aromatic rings. The smallest absolute Gasteiger partial charge is 0.284 e. The van der Waals surface area contributed by atoms with E-state index in [-0.39, 0.29) is 59.0 Å². The Hall–Kier alpha value is -6.07. The Morgan fingerprint density at radius 2 is 1.75 bits per heavy atom. The molecular weight excluding hydrogens is 919 g/mol. The lowest BCUT2D eigenvalue weighted by molar-refractivity contribution is -0.247. The molecule has 9 N–H and O–H groups in total. The topological polar surface area (TPSA) is 308 Å². The van der Waals surface area contributed by atoms with Gasteiger partial charge in [-0.2, -0.15) is 14.9 Å². The van der Waals surface area contributed by atoms with E-state index in [0.29, 0.717) is 22.0 Å². The molecule has 0 radical (unpaired) electrons. The molecule has 7 atom stereocenters. The zero-order valence-corrected chi connectivity index (χ0v) is 37.9. The fourth-order valence-electron chi connectivity index (χ4n) is 8.21. The number of ether oxygens (including phenoxy) is 3. The second-order valence-electron chi connectivity index (χ2n) is 16.3. The number of aromatic nitrogens is 4. The first kappa shape index (κ1) is 50.3. The number of hydrogen-bond acceptors (Lipinski definition) is 17. The number of fused-ring (bicyclic) bond motifs is 3. The highest BCUT2D eigenvalue weighted by Gasteiger charge is 2.50. The summed E-state index contributed by atoms with van der Waals surface area (Å²) in [6.07, 6.45) is -2.02. The number of methoxy groups -OCH3 is 1. The molecule has 0 bridgehead atoms. The molecule has 1 saturated heterocycles. The Balaban J connectivity index is 0.000000233. The lowest BCUT2D eigenvalue weighted by atomic mass is 9.72. The van der Waals surface area contributed by atoms with Crippen molar-refractivity contribution in [2.45, 2.75) is 75.4 Å². The van der Waals surface area contributed by atoms with Gasteiger partial charge in [0.1, 0.15) is 40.7 Å². The zero-order valence-electron chi connectivity index (χ0n) is 36.4. The highest BCUT2D eigenvalue weighted by molar-refractivity contribution is 6.31. The van der Waals surface area contributed by atoms with Crippen molar-refractivity contribution < 1.29 is 64.0 Å². The van der Waals surface area contributed by atoms with Crippen LogP contribution in [0.3, 0.4) is 0 Å². The van der Waals surface area contributed by atoms with Crippen molar-refractivity contribution >= 4 is 47.3 Å². The van der Waals surface area contributed by atoms with E-state index in [0.717, 1.165) is 4.68 Å². The third-order valence-electron chi connectivity index (χ3n) is 11.7. The van der Waals surface area contributed by atoms with Gasteiger partial charge >= 0.3 is 0 Å². The number of halogens is 2. The van der Waals surface area contributed by atoms with Crippen LogP contribution in [0.4, 0.5) is 0 Å². The van der Waals surface area contributed by atoms with Gasteiger partial charge in [-0.3, -0.25) is 28.7 Å². The van der Waals surface area contributed by atoms with Crippen LogP contribution in [-0.2, 0) is 27.7 Å². The first-order chi connectivity index (χ1) is 31.3. The molecule has 2 aliphatic carbocycles. The van der Waals surface area contributed by atoms with Gasteiger partial charge in [-0.25, -0.2) is 0 Å². The number of hydrogen-bond donors (Lipinski definition) is 8.